The van der Waals surface area contributed by atoms with Gasteiger partial charge in [-0.25, -0.2) is 4.68 Å². The lowest BCUT2D eigenvalue weighted by Crippen LogP contribution is -2.37. The van der Waals surface area contributed by atoms with E-state index in [0.717, 1.165) is 36.2 Å². The number of benzene rings is 1. The summed E-state index contributed by atoms with van der Waals surface area (Å²) in [6, 6.07) is 13.5. The summed E-state index contributed by atoms with van der Waals surface area (Å²) in [6.45, 7) is 10.7. The molecular formula is C31H44N4O3. The van der Waals surface area contributed by atoms with E-state index < -0.39 is 0 Å². The predicted octanol–water partition coefficient (Wildman–Crippen LogP) is 7.18. The number of hydrogen-bond acceptors (Lipinski definition) is 4. The highest BCUT2D eigenvalue weighted by Crippen LogP contribution is 2.27. The number of aromatic nitrogens is 2. The number of para-hydroxylation sites is 1. The molecule has 3 aromatic rings. The Bertz CT molecular complexity index is 1160. The summed E-state index contributed by atoms with van der Waals surface area (Å²) >= 11 is 0. The molecule has 2 amide bonds. The van der Waals surface area contributed by atoms with E-state index in [-0.39, 0.29) is 30.3 Å². The van der Waals surface area contributed by atoms with Crippen LogP contribution in [0.25, 0.3) is 5.69 Å². The fourth-order valence-corrected chi connectivity index (χ4v) is 4.39. The lowest BCUT2D eigenvalue weighted by molar-refractivity contribution is -0.135. The number of carbonyl (C=O) groups excluding carboxylic acids is 2. The normalized spacial score (nSPS) is 11.5. The fourth-order valence-electron chi connectivity index (χ4n) is 4.39. The number of furan rings is 1. The van der Waals surface area contributed by atoms with Crippen molar-refractivity contribution in [3.8, 4) is 5.69 Å². The standard InChI is InChI=1S/C31H44N4O3/c1-6-7-8-9-10-11-12-19-30(37)34(22-25-17-15-20-38-25)23-29(36)32-28-21-27(31(3,4)5)33-35(28)26-18-14-13-16-24(26)2/h13-18,20-21H,6-12,19,22-23H2,1-5H3,(H,32,36). The highest BCUT2D eigenvalue weighted by Gasteiger charge is 2.24. The molecule has 0 aliphatic heterocycles. The highest BCUT2D eigenvalue weighted by atomic mass is 16.3. The molecule has 1 N–H and O–H groups in total. The van der Waals surface area contributed by atoms with Gasteiger partial charge >= 0.3 is 0 Å². The first-order chi connectivity index (χ1) is 18.2. The van der Waals surface area contributed by atoms with Gasteiger partial charge in [-0.05, 0) is 37.1 Å². The van der Waals surface area contributed by atoms with Crippen LogP contribution in [0.2, 0.25) is 0 Å². The van der Waals surface area contributed by atoms with E-state index in [1.807, 2.05) is 43.3 Å². The summed E-state index contributed by atoms with van der Waals surface area (Å²) in [6.07, 6.45) is 9.98. The Morgan fingerprint density at radius 1 is 1.00 bits per heavy atom. The molecule has 0 fully saturated rings. The van der Waals surface area contributed by atoms with Crippen LogP contribution in [0.1, 0.15) is 96.1 Å². The van der Waals surface area contributed by atoms with Crippen LogP contribution in [0.5, 0.6) is 0 Å². The van der Waals surface area contributed by atoms with Crippen molar-refractivity contribution in [2.24, 2.45) is 0 Å². The molecule has 7 heteroatoms. The average Bonchev–Trinajstić information content (AvgIpc) is 3.53. The number of nitrogens with one attached hydrogen (secondary N) is 1. The van der Waals surface area contributed by atoms with Gasteiger partial charge in [-0.1, -0.05) is 84.4 Å². The minimum absolute atomic E-state index is 0.0344. The first-order valence-electron chi connectivity index (χ1n) is 14.0. The third kappa shape index (κ3) is 8.61. The van der Waals surface area contributed by atoms with E-state index in [2.05, 4.69) is 33.0 Å². The SMILES string of the molecule is CCCCCCCCCC(=O)N(CC(=O)Nc1cc(C(C)(C)C)nn1-c1ccccc1C)Cc1ccco1. The van der Waals surface area contributed by atoms with Crippen LogP contribution < -0.4 is 5.32 Å². The van der Waals surface area contributed by atoms with E-state index in [4.69, 9.17) is 9.52 Å². The van der Waals surface area contributed by atoms with Crippen LogP contribution >= 0.6 is 0 Å². The van der Waals surface area contributed by atoms with Gasteiger partial charge in [-0.15, -0.1) is 0 Å². The Hall–Kier alpha value is -3.35. The maximum atomic E-state index is 13.3. The second kappa shape index (κ2) is 14.0. The molecule has 0 bridgehead atoms. The average molecular weight is 521 g/mol. The summed E-state index contributed by atoms with van der Waals surface area (Å²) in [5.74, 6) is 0.949. The number of anilines is 1. The van der Waals surface area contributed by atoms with E-state index in [9.17, 15) is 9.59 Å². The molecule has 7 nitrogen and oxygen atoms in total. The second-order valence-electron chi connectivity index (χ2n) is 11.1. The molecule has 0 radical (unpaired) electrons. The number of aryl methyl sites for hydroxylation is 1. The van der Waals surface area contributed by atoms with Crippen LogP contribution in [0.3, 0.4) is 0 Å². The molecule has 2 aromatic heterocycles. The third-order valence-corrected chi connectivity index (χ3v) is 6.70. The van der Waals surface area contributed by atoms with Crippen molar-refractivity contribution in [1.29, 1.82) is 0 Å². The molecule has 2 heterocycles. The molecule has 1 aromatic carbocycles. The number of unbranched alkanes of at least 4 members (excludes halogenated alkanes) is 6. The van der Waals surface area contributed by atoms with Gasteiger partial charge < -0.3 is 14.6 Å². The molecule has 3 rings (SSSR count). The maximum absolute atomic E-state index is 13.3. The van der Waals surface area contributed by atoms with Gasteiger partial charge in [-0.3, -0.25) is 9.59 Å². The first kappa shape index (κ1) is 29.2. The van der Waals surface area contributed by atoms with Gasteiger partial charge in [-0.2, -0.15) is 5.10 Å². The summed E-state index contributed by atoms with van der Waals surface area (Å²) in [5, 5.41) is 7.85. The predicted molar refractivity (Wildman–Crippen MR) is 152 cm³/mol. The van der Waals surface area contributed by atoms with Crippen molar-refractivity contribution in [2.45, 2.75) is 97.9 Å². The summed E-state index contributed by atoms with van der Waals surface area (Å²) in [4.78, 5) is 28.0. The molecule has 0 aliphatic rings. The summed E-state index contributed by atoms with van der Waals surface area (Å²) in [5.41, 5.74) is 2.64. The summed E-state index contributed by atoms with van der Waals surface area (Å²) in [7, 11) is 0. The van der Waals surface area contributed by atoms with Crippen LogP contribution in [0, 0.1) is 6.92 Å². The Kier molecular flexibility index (Phi) is 10.7. The number of amides is 2. The minimum Gasteiger partial charge on any atom is -0.467 e. The number of hydrogen-bond donors (Lipinski definition) is 1. The second-order valence-corrected chi connectivity index (χ2v) is 11.1. The van der Waals surface area contributed by atoms with Crippen LogP contribution in [-0.4, -0.2) is 33.0 Å². The monoisotopic (exact) mass is 520 g/mol. The molecule has 38 heavy (non-hydrogen) atoms. The molecule has 206 valence electrons. The van der Waals surface area contributed by atoms with Gasteiger partial charge in [0.2, 0.25) is 11.8 Å². The van der Waals surface area contributed by atoms with Crippen LogP contribution in [0.15, 0.2) is 53.1 Å². The Balaban J connectivity index is 1.71. The summed E-state index contributed by atoms with van der Waals surface area (Å²) < 4.78 is 7.27. The zero-order chi connectivity index (χ0) is 27.5. The number of rotatable bonds is 14. The highest BCUT2D eigenvalue weighted by molar-refractivity contribution is 5.94. The fraction of sp³-hybridized carbons (Fsp3) is 0.516. The lowest BCUT2D eigenvalue weighted by atomic mass is 9.92. The Morgan fingerprint density at radius 3 is 2.37 bits per heavy atom. The van der Waals surface area contributed by atoms with Crippen molar-refractivity contribution in [1.82, 2.24) is 14.7 Å². The van der Waals surface area contributed by atoms with E-state index in [0.29, 0.717) is 18.0 Å². The van der Waals surface area contributed by atoms with Gasteiger partial charge in [0.25, 0.3) is 0 Å². The lowest BCUT2D eigenvalue weighted by Gasteiger charge is -2.21. The quantitative estimate of drug-likeness (QED) is 0.228. The molecule has 0 atom stereocenters. The zero-order valence-corrected chi connectivity index (χ0v) is 23.8. The number of nitrogens with zero attached hydrogens (tertiary/aromatic N) is 3. The minimum atomic E-state index is -0.264. The maximum Gasteiger partial charge on any atom is 0.245 e. The molecule has 0 saturated carbocycles. The molecule has 0 saturated heterocycles. The largest absolute Gasteiger partial charge is 0.467 e. The van der Waals surface area contributed by atoms with Crippen molar-refractivity contribution in [2.75, 3.05) is 11.9 Å². The van der Waals surface area contributed by atoms with Crippen LogP contribution in [-0.2, 0) is 21.5 Å². The van der Waals surface area contributed by atoms with E-state index in [1.165, 1.54) is 25.7 Å². The number of carbonyl (C=O) groups is 2. The van der Waals surface area contributed by atoms with Crippen molar-refractivity contribution in [3.63, 3.8) is 0 Å². The topological polar surface area (TPSA) is 80.4 Å². The van der Waals surface area contributed by atoms with Gasteiger partial charge in [0.15, 0.2) is 0 Å². The Morgan fingerprint density at radius 2 is 1.71 bits per heavy atom. The van der Waals surface area contributed by atoms with Crippen molar-refractivity contribution >= 4 is 17.6 Å². The van der Waals surface area contributed by atoms with Crippen molar-refractivity contribution < 1.29 is 14.0 Å². The third-order valence-electron chi connectivity index (χ3n) is 6.70. The van der Waals surface area contributed by atoms with Gasteiger partial charge in [0.1, 0.15) is 18.1 Å². The van der Waals surface area contributed by atoms with E-state index in [1.54, 1.807) is 21.9 Å². The smallest absolute Gasteiger partial charge is 0.245 e. The van der Waals surface area contributed by atoms with E-state index >= 15 is 0 Å². The zero-order valence-electron chi connectivity index (χ0n) is 23.8. The molecule has 0 spiro atoms. The van der Waals surface area contributed by atoms with Gasteiger partial charge in [0.05, 0.1) is 24.2 Å². The van der Waals surface area contributed by atoms with Crippen molar-refractivity contribution in [3.05, 3.63) is 65.7 Å². The molecular weight excluding hydrogens is 476 g/mol. The molecule has 0 unspecified atom stereocenters. The van der Waals surface area contributed by atoms with Crippen LogP contribution in [0.4, 0.5) is 5.82 Å². The first-order valence-corrected chi connectivity index (χ1v) is 14.0. The van der Waals surface area contributed by atoms with Gasteiger partial charge in [0, 0.05) is 17.9 Å². The Labute approximate surface area is 227 Å². The molecule has 0 aliphatic carbocycles.